The van der Waals surface area contributed by atoms with Crippen molar-refractivity contribution in [1.29, 1.82) is 0 Å². The second-order valence-corrected chi connectivity index (χ2v) is 2.41. The Morgan fingerprint density at radius 3 is 2.75 bits per heavy atom. The lowest BCUT2D eigenvalue weighted by molar-refractivity contribution is 0.388. The third-order valence-electron chi connectivity index (χ3n) is 1.62. The third kappa shape index (κ3) is 1.86. The molecule has 0 saturated carbocycles. The molecule has 0 aromatic carbocycles. The van der Waals surface area contributed by atoms with Gasteiger partial charge in [0.1, 0.15) is 0 Å². The Bertz CT molecular complexity index is 228. The highest BCUT2D eigenvalue weighted by Gasteiger charge is 2.30. The molecule has 1 heterocycles. The van der Waals surface area contributed by atoms with Crippen LogP contribution in [-0.4, -0.2) is 11.6 Å². The molecule has 70 valence electrons. The van der Waals surface area contributed by atoms with Crippen LogP contribution >= 0.6 is 12.4 Å². The van der Waals surface area contributed by atoms with Gasteiger partial charge < -0.3 is 16.8 Å². The number of nitrogens with two attached hydrogens (primary N) is 2. The number of nitrogens with one attached hydrogen (secondary N) is 1. The van der Waals surface area contributed by atoms with Crippen molar-refractivity contribution in [1.82, 2.24) is 5.32 Å². The molecule has 6 heteroatoms. The molecule has 0 spiro atoms. The van der Waals surface area contributed by atoms with Gasteiger partial charge in [-0.1, -0.05) is 6.92 Å². The highest BCUT2D eigenvalue weighted by Crippen LogP contribution is 2.21. The number of hydrogen-bond donors (Lipinski definition) is 3. The fourth-order valence-electron chi connectivity index (χ4n) is 0.811. The predicted octanol–water partition coefficient (Wildman–Crippen LogP) is 0.202. The minimum Gasteiger partial charge on any atom is -0.370 e. The van der Waals surface area contributed by atoms with E-state index < -0.39 is 11.5 Å². The van der Waals surface area contributed by atoms with Crippen molar-refractivity contribution >= 4 is 18.4 Å². The number of halogens is 2. The number of nitrogens with zero attached hydrogens (tertiary/aromatic N) is 1. The van der Waals surface area contributed by atoms with Crippen LogP contribution in [0.5, 0.6) is 0 Å². The summed E-state index contributed by atoms with van der Waals surface area (Å²) in [5.41, 5.74) is 9.58. The smallest absolute Gasteiger partial charge is 0.195 e. The van der Waals surface area contributed by atoms with E-state index in [0.717, 1.165) is 6.20 Å². The zero-order chi connectivity index (χ0) is 8.48. The van der Waals surface area contributed by atoms with Gasteiger partial charge in [-0.15, -0.1) is 12.4 Å². The first-order valence-electron chi connectivity index (χ1n) is 3.35. The molecule has 0 bridgehead atoms. The average molecular weight is 195 g/mol. The zero-order valence-electron chi connectivity index (χ0n) is 6.67. The Morgan fingerprint density at radius 1 is 1.75 bits per heavy atom. The molecular formula is C6H12ClFN4. The van der Waals surface area contributed by atoms with Gasteiger partial charge in [0.05, 0.1) is 0 Å². The van der Waals surface area contributed by atoms with Crippen molar-refractivity contribution < 1.29 is 4.39 Å². The Labute approximate surface area is 76.3 Å². The Hall–Kier alpha value is -0.810. The van der Waals surface area contributed by atoms with Gasteiger partial charge in [0, 0.05) is 6.20 Å². The van der Waals surface area contributed by atoms with Crippen molar-refractivity contribution in [2.75, 3.05) is 0 Å². The molecule has 1 aliphatic rings. The van der Waals surface area contributed by atoms with Crippen LogP contribution < -0.4 is 16.8 Å². The fourth-order valence-corrected chi connectivity index (χ4v) is 0.811. The van der Waals surface area contributed by atoms with Crippen LogP contribution in [-0.2, 0) is 0 Å². The third-order valence-corrected chi connectivity index (χ3v) is 1.62. The summed E-state index contributed by atoms with van der Waals surface area (Å²) in [7, 11) is 0. The van der Waals surface area contributed by atoms with E-state index in [-0.39, 0.29) is 18.4 Å². The van der Waals surface area contributed by atoms with Crippen LogP contribution in [0.1, 0.15) is 13.3 Å². The van der Waals surface area contributed by atoms with Gasteiger partial charge in [0.2, 0.25) is 0 Å². The van der Waals surface area contributed by atoms with E-state index in [1.165, 1.54) is 0 Å². The van der Waals surface area contributed by atoms with Crippen molar-refractivity contribution in [3.8, 4) is 0 Å². The van der Waals surface area contributed by atoms with Gasteiger partial charge in [-0.25, -0.2) is 9.38 Å². The molecular weight excluding hydrogens is 183 g/mol. The molecule has 4 nitrogen and oxygen atoms in total. The second-order valence-electron chi connectivity index (χ2n) is 2.41. The molecule has 1 aliphatic heterocycles. The summed E-state index contributed by atoms with van der Waals surface area (Å²) in [5, 5.41) is 2.43. The van der Waals surface area contributed by atoms with Gasteiger partial charge in [-0.05, 0) is 6.42 Å². The van der Waals surface area contributed by atoms with Gasteiger partial charge in [-0.2, -0.15) is 0 Å². The topological polar surface area (TPSA) is 76.4 Å². The predicted molar refractivity (Wildman–Crippen MR) is 48.4 cm³/mol. The lowest BCUT2D eigenvalue weighted by Crippen LogP contribution is -2.46. The Kier molecular flexibility index (Phi) is 3.48. The van der Waals surface area contributed by atoms with E-state index in [0.29, 0.717) is 6.42 Å². The number of hydrogen-bond acceptors (Lipinski definition) is 4. The highest BCUT2D eigenvalue weighted by molar-refractivity contribution is 5.85. The largest absolute Gasteiger partial charge is 0.370 e. The molecule has 12 heavy (non-hydrogen) atoms. The first kappa shape index (κ1) is 11.2. The summed E-state index contributed by atoms with van der Waals surface area (Å²) in [4.78, 5) is 3.73. The van der Waals surface area contributed by atoms with E-state index >= 15 is 0 Å². The highest BCUT2D eigenvalue weighted by atomic mass is 35.5. The maximum Gasteiger partial charge on any atom is 0.195 e. The molecule has 1 unspecified atom stereocenters. The Balaban J connectivity index is 0.00000121. The summed E-state index contributed by atoms with van der Waals surface area (Å²) < 4.78 is 12.9. The standard InChI is InChI=1S/C6H11FN4.ClH/c1-2-6(9)4(7)3-10-5(8)11-6;/h3H,2,9H2,1H3,(H3,8,10,11);1H. The second kappa shape index (κ2) is 3.73. The van der Waals surface area contributed by atoms with Crippen LogP contribution in [0.3, 0.4) is 0 Å². The van der Waals surface area contributed by atoms with Crippen molar-refractivity contribution in [3.05, 3.63) is 12.0 Å². The first-order chi connectivity index (χ1) is 5.08. The van der Waals surface area contributed by atoms with Crippen LogP contribution in [0.15, 0.2) is 17.0 Å². The molecule has 1 atom stereocenters. The van der Waals surface area contributed by atoms with E-state index in [2.05, 4.69) is 10.3 Å². The normalized spacial score (nSPS) is 27.9. The lowest BCUT2D eigenvalue weighted by atomic mass is 10.1. The molecule has 0 amide bonds. The Morgan fingerprint density at radius 2 is 2.33 bits per heavy atom. The van der Waals surface area contributed by atoms with Crippen LogP contribution in [0.2, 0.25) is 0 Å². The number of aliphatic imine (C=N–C) groups is 1. The van der Waals surface area contributed by atoms with Gasteiger partial charge in [-0.3, -0.25) is 0 Å². The summed E-state index contributed by atoms with van der Waals surface area (Å²) in [6, 6.07) is 0. The summed E-state index contributed by atoms with van der Waals surface area (Å²) >= 11 is 0. The minimum absolute atomic E-state index is 0. The van der Waals surface area contributed by atoms with Gasteiger partial charge in [0.25, 0.3) is 0 Å². The molecule has 0 fully saturated rings. The lowest BCUT2D eigenvalue weighted by Gasteiger charge is -2.25. The first-order valence-corrected chi connectivity index (χ1v) is 3.35. The monoisotopic (exact) mass is 194 g/mol. The zero-order valence-corrected chi connectivity index (χ0v) is 7.49. The molecule has 0 aromatic rings. The quantitative estimate of drug-likeness (QED) is 0.558. The van der Waals surface area contributed by atoms with Crippen molar-refractivity contribution in [2.24, 2.45) is 16.5 Å². The van der Waals surface area contributed by atoms with E-state index in [1.54, 1.807) is 6.92 Å². The maximum atomic E-state index is 12.9. The summed E-state index contributed by atoms with van der Waals surface area (Å²) in [6.45, 7) is 1.75. The van der Waals surface area contributed by atoms with E-state index in [4.69, 9.17) is 11.5 Å². The van der Waals surface area contributed by atoms with Gasteiger partial charge in [0.15, 0.2) is 17.4 Å². The van der Waals surface area contributed by atoms with Crippen LogP contribution in [0.4, 0.5) is 4.39 Å². The van der Waals surface area contributed by atoms with Gasteiger partial charge >= 0.3 is 0 Å². The molecule has 5 N–H and O–H groups in total. The SMILES string of the molecule is CCC1(N)N=C(N)NC=C1F.Cl. The van der Waals surface area contributed by atoms with Crippen LogP contribution in [0, 0.1) is 0 Å². The van der Waals surface area contributed by atoms with Crippen LogP contribution in [0.25, 0.3) is 0 Å². The summed E-state index contributed by atoms with van der Waals surface area (Å²) in [6.07, 6.45) is 1.52. The molecule has 0 aromatic heterocycles. The molecule has 0 aliphatic carbocycles. The number of rotatable bonds is 1. The number of guanidine groups is 1. The maximum absolute atomic E-state index is 12.9. The van der Waals surface area contributed by atoms with Crippen molar-refractivity contribution in [3.63, 3.8) is 0 Å². The van der Waals surface area contributed by atoms with E-state index in [9.17, 15) is 4.39 Å². The van der Waals surface area contributed by atoms with E-state index in [1.807, 2.05) is 0 Å². The molecule has 0 radical (unpaired) electrons. The molecule has 0 saturated heterocycles. The summed E-state index contributed by atoms with van der Waals surface area (Å²) in [5.74, 6) is -0.343. The average Bonchev–Trinajstić information content (AvgIpc) is 1.98. The molecule has 1 rings (SSSR count). The minimum atomic E-state index is -1.25. The fraction of sp³-hybridized carbons (Fsp3) is 0.500. The van der Waals surface area contributed by atoms with Crippen molar-refractivity contribution in [2.45, 2.75) is 19.0 Å².